The molecule has 1 heterocycles. The molecule has 0 radical (unpaired) electrons. The minimum atomic E-state index is -0.606. The summed E-state index contributed by atoms with van der Waals surface area (Å²) >= 11 is 1.40. The number of carbonyl (C=O) groups is 2. The van der Waals surface area contributed by atoms with E-state index in [0.29, 0.717) is 10.7 Å². The van der Waals surface area contributed by atoms with Gasteiger partial charge in [-0.25, -0.2) is 4.98 Å². The van der Waals surface area contributed by atoms with E-state index in [4.69, 9.17) is 4.98 Å². The Hall–Kier alpha value is -4.55. The van der Waals surface area contributed by atoms with E-state index < -0.39 is 5.41 Å². The van der Waals surface area contributed by atoms with Gasteiger partial charge in [-0.3, -0.25) is 9.59 Å². The molecule has 42 heavy (non-hydrogen) atoms. The fourth-order valence-electron chi connectivity index (χ4n) is 6.96. The standard InChI is InChI=1S/C36H31N3O2S/c1-21-15-22(2)17-25(16-21)37-33(40)24-10-8-9-23(18-24)31-20-42-35(38-31)39-34(41)36(3)19-30-26-11-4-6-13-28(26)32(36)29-14-7-5-12-27(29)30/h4-18,20,30,32H,19H2,1-3H3,(H,37,40)(H,38,39,41). The van der Waals surface area contributed by atoms with Gasteiger partial charge in [0.05, 0.1) is 11.1 Å². The zero-order chi connectivity index (χ0) is 29.0. The summed E-state index contributed by atoms with van der Waals surface area (Å²) in [7, 11) is 0. The van der Waals surface area contributed by atoms with E-state index in [9.17, 15) is 9.59 Å². The molecular formula is C36H31N3O2S. The van der Waals surface area contributed by atoms with E-state index in [0.717, 1.165) is 34.5 Å². The smallest absolute Gasteiger partial charge is 0.255 e. The minimum Gasteiger partial charge on any atom is -0.322 e. The molecule has 0 spiro atoms. The Morgan fingerprint density at radius 1 is 0.810 bits per heavy atom. The normalized spacial score (nSPS) is 20.0. The summed E-state index contributed by atoms with van der Waals surface area (Å²) in [6.07, 6.45) is 0.757. The molecule has 3 aliphatic carbocycles. The van der Waals surface area contributed by atoms with Crippen molar-refractivity contribution < 1.29 is 9.59 Å². The lowest BCUT2D eigenvalue weighted by Crippen LogP contribution is -2.47. The van der Waals surface area contributed by atoms with Crippen LogP contribution < -0.4 is 10.6 Å². The number of aromatic nitrogens is 1. The van der Waals surface area contributed by atoms with Crippen LogP contribution in [-0.4, -0.2) is 16.8 Å². The number of thiazole rings is 1. The highest BCUT2D eigenvalue weighted by atomic mass is 32.1. The molecule has 6 heteroatoms. The molecule has 5 nitrogen and oxygen atoms in total. The van der Waals surface area contributed by atoms with Crippen LogP contribution in [0.3, 0.4) is 0 Å². The molecule has 0 fully saturated rings. The molecule has 0 saturated heterocycles. The molecule has 1 atom stereocenters. The van der Waals surface area contributed by atoms with E-state index >= 15 is 0 Å². The van der Waals surface area contributed by atoms with Crippen molar-refractivity contribution in [3.63, 3.8) is 0 Å². The Morgan fingerprint density at radius 3 is 2.12 bits per heavy atom. The Kier molecular flexibility index (Phi) is 6.32. The van der Waals surface area contributed by atoms with Crippen LogP contribution in [0.15, 0.2) is 96.4 Å². The highest BCUT2D eigenvalue weighted by Crippen LogP contribution is 2.61. The van der Waals surface area contributed by atoms with Crippen LogP contribution in [0.2, 0.25) is 0 Å². The van der Waals surface area contributed by atoms with Gasteiger partial charge in [-0.15, -0.1) is 11.3 Å². The second kappa shape index (κ2) is 10.1. The zero-order valence-corrected chi connectivity index (χ0v) is 24.6. The van der Waals surface area contributed by atoms with Gasteiger partial charge in [-0.05, 0) is 84.8 Å². The van der Waals surface area contributed by atoms with Gasteiger partial charge in [0.1, 0.15) is 0 Å². The van der Waals surface area contributed by atoms with Crippen LogP contribution in [0.5, 0.6) is 0 Å². The van der Waals surface area contributed by atoms with Gasteiger partial charge < -0.3 is 10.6 Å². The molecule has 0 aliphatic heterocycles. The van der Waals surface area contributed by atoms with Crippen molar-refractivity contribution in [2.75, 3.05) is 10.6 Å². The first kappa shape index (κ1) is 26.4. The number of carbonyl (C=O) groups excluding carboxylic acids is 2. The highest BCUT2D eigenvalue weighted by molar-refractivity contribution is 7.14. The lowest BCUT2D eigenvalue weighted by molar-refractivity contribution is -0.126. The summed E-state index contributed by atoms with van der Waals surface area (Å²) in [5.74, 6) is -0.000231. The van der Waals surface area contributed by atoms with Crippen molar-refractivity contribution in [1.82, 2.24) is 4.98 Å². The first-order valence-corrected chi connectivity index (χ1v) is 15.1. The summed E-state index contributed by atoms with van der Waals surface area (Å²) in [6.45, 7) is 6.12. The van der Waals surface area contributed by atoms with E-state index in [1.165, 1.54) is 33.6 Å². The minimum absolute atomic E-state index is 0.0102. The van der Waals surface area contributed by atoms with E-state index in [1.807, 2.05) is 49.6 Å². The Balaban J connectivity index is 1.12. The van der Waals surface area contributed by atoms with Crippen LogP contribution in [0.1, 0.15) is 68.9 Å². The van der Waals surface area contributed by atoms with Crippen LogP contribution in [0.4, 0.5) is 10.8 Å². The van der Waals surface area contributed by atoms with Crippen molar-refractivity contribution >= 4 is 34.0 Å². The van der Waals surface area contributed by atoms with Crippen molar-refractivity contribution in [3.8, 4) is 11.3 Å². The lowest BCUT2D eigenvalue weighted by atomic mass is 9.52. The Labute approximate surface area is 249 Å². The van der Waals surface area contributed by atoms with E-state index in [1.54, 1.807) is 6.07 Å². The monoisotopic (exact) mass is 569 g/mol. The summed E-state index contributed by atoms with van der Waals surface area (Å²) in [5.41, 5.74) is 9.64. The number of anilines is 2. The third kappa shape index (κ3) is 4.43. The van der Waals surface area contributed by atoms with Gasteiger partial charge in [0.25, 0.3) is 5.91 Å². The Morgan fingerprint density at radius 2 is 1.45 bits per heavy atom. The molecule has 208 valence electrons. The van der Waals surface area contributed by atoms with Crippen LogP contribution in [0.25, 0.3) is 11.3 Å². The lowest BCUT2D eigenvalue weighted by Gasteiger charge is -2.50. The quantitative estimate of drug-likeness (QED) is 0.224. The summed E-state index contributed by atoms with van der Waals surface area (Å²) in [6, 6.07) is 30.5. The third-order valence-corrected chi connectivity index (χ3v) is 9.53. The summed E-state index contributed by atoms with van der Waals surface area (Å²) < 4.78 is 0. The van der Waals surface area contributed by atoms with Gasteiger partial charge in [0, 0.05) is 34.0 Å². The maximum absolute atomic E-state index is 14.0. The highest BCUT2D eigenvalue weighted by Gasteiger charge is 2.54. The van der Waals surface area contributed by atoms with Crippen molar-refractivity contribution in [1.29, 1.82) is 0 Å². The maximum atomic E-state index is 14.0. The molecule has 1 aromatic heterocycles. The maximum Gasteiger partial charge on any atom is 0.255 e. The third-order valence-electron chi connectivity index (χ3n) is 8.77. The van der Waals surface area contributed by atoms with Gasteiger partial charge in [0.2, 0.25) is 5.91 Å². The number of fused-ring (bicyclic) bond motifs is 1. The van der Waals surface area contributed by atoms with Crippen LogP contribution >= 0.6 is 11.3 Å². The molecule has 2 amide bonds. The van der Waals surface area contributed by atoms with Crippen molar-refractivity contribution in [2.45, 2.75) is 39.0 Å². The number of benzene rings is 4. The molecule has 0 saturated carbocycles. The molecule has 3 aliphatic rings. The molecule has 2 N–H and O–H groups in total. The van der Waals surface area contributed by atoms with E-state index in [-0.39, 0.29) is 23.7 Å². The molecule has 5 aromatic rings. The largest absolute Gasteiger partial charge is 0.322 e. The number of nitrogens with one attached hydrogen (secondary N) is 2. The van der Waals surface area contributed by atoms with Crippen LogP contribution in [0, 0.1) is 19.3 Å². The second-order valence-electron chi connectivity index (χ2n) is 11.8. The molecular weight excluding hydrogens is 538 g/mol. The average Bonchev–Trinajstić information content (AvgIpc) is 3.45. The fraction of sp³-hybridized carbons (Fsp3) is 0.194. The van der Waals surface area contributed by atoms with E-state index in [2.05, 4.69) is 72.2 Å². The number of amides is 2. The van der Waals surface area contributed by atoms with Gasteiger partial charge in [-0.2, -0.15) is 0 Å². The predicted molar refractivity (Wildman–Crippen MR) is 169 cm³/mol. The average molecular weight is 570 g/mol. The first-order valence-electron chi connectivity index (χ1n) is 14.2. The van der Waals surface area contributed by atoms with Crippen molar-refractivity contribution in [2.24, 2.45) is 5.41 Å². The van der Waals surface area contributed by atoms with Gasteiger partial charge in [0.15, 0.2) is 5.13 Å². The molecule has 1 unspecified atom stereocenters. The zero-order valence-electron chi connectivity index (χ0n) is 23.8. The van der Waals surface area contributed by atoms with Crippen LogP contribution in [-0.2, 0) is 4.79 Å². The number of aryl methyl sites for hydroxylation is 2. The fourth-order valence-corrected chi connectivity index (χ4v) is 7.68. The number of nitrogens with zero attached hydrogens (tertiary/aromatic N) is 1. The summed E-state index contributed by atoms with van der Waals surface area (Å²) in [5, 5.41) is 8.65. The molecule has 2 bridgehead atoms. The second-order valence-corrected chi connectivity index (χ2v) is 12.6. The van der Waals surface area contributed by atoms with Crippen molar-refractivity contribution in [3.05, 3.63) is 135 Å². The summed E-state index contributed by atoms with van der Waals surface area (Å²) in [4.78, 5) is 31.8. The predicted octanol–water partition coefficient (Wildman–Crippen LogP) is 8.31. The molecule has 4 aromatic carbocycles. The molecule has 8 rings (SSSR count). The van der Waals surface area contributed by atoms with Gasteiger partial charge >= 0.3 is 0 Å². The van der Waals surface area contributed by atoms with Gasteiger partial charge in [-0.1, -0.05) is 66.7 Å². The topological polar surface area (TPSA) is 71.1 Å². The number of rotatable bonds is 5. The number of hydrogen-bond donors (Lipinski definition) is 2. The SMILES string of the molecule is Cc1cc(C)cc(NC(=O)c2cccc(-c3csc(NC(=O)C4(C)CC5c6ccccc6C4c4ccccc45)n3)c2)c1. The Bertz CT molecular complexity index is 1810. The number of hydrogen-bond acceptors (Lipinski definition) is 4. The first-order chi connectivity index (χ1) is 20.3.